The SMILES string of the molecule is CN=C(NCc1cccc(S(N)(=O)=O)c1)N1CCC(C)(C)C1. The molecule has 6 nitrogen and oxygen atoms in total. The van der Waals surface area contributed by atoms with Gasteiger partial charge in [0.1, 0.15) is 0 Å². The van der Waals surface area contributed by atoms with Crippen LogP contribution in [0.25, 0.3) is 0 Å². The van der Waals surface area contributed by atoms with Crippen LogP contribution in [0.4, 0.5) is 0 Å². The molecule has 1 heterocycles. The van der Waals surface area contributed by atoms with Crippen LogP contribution in [0.2, 0.25) is 0 Å². The van der Waals surface area contributed by atoms with Crippen LogP contribution in [0.3, 0.4) is 0 Å². The zero-order chi connectivity index (χ0) is 16.4. The van der Waals surface area contributed by atoms with E-state index in [0.717, 1.165) is 31.0 Å². The van der Waals surface area contributed by atoms with Crippen molar-refractivity contribution >= 4 is 16.0 Å². The summed E-state index contributed by atoms with van der Waals surface area (Å²) in [6.07, 6.45) is 1.13. The monoisotopic (exact) mass is 324 g/mol. The maximum absolute atomic E-state index is 11.4. The summed E-state index contributed by atoms with van der Waals surface area (Å²) in [4.78, 5) is 6.66. The molecule has 1 aromatic rings. The lowest BCUT2D eigenvalue weighted by Crippen LogP contribution is -2.40. The molecule has 3 N–H and O–H groups in total. The van der Waals surface area contributed by atoms with Crippen LogP contribution >= 0.6 is 0 Å². The molecule has 0 unspecified atom stereocenters. The fourth-order valence-corrected chi connectivity index (χ4v) is 3.22. The number of sulfonamides is 1. The summed E-state index contributed by atoms with van der Waals surface area (Å²) in [6, 6.07) is 6.64. The lowest BCUT2D eigenvalue weighted by atomic mass is 9.93. The number of hydrogen-bond donors (Lipinski definition) is 2. The molecule has 7 heteroatoms. The van der Waals surface area contributed by atoms with E-state index in [9.17, 15) is 8.42 Å². The number of nitrogens with zero attached hydrogens (tertiary/aromatic N) is 2. The molecule has 0 spiro atoms. The van der Waals surface area contributed by atoms with Gasteiger partial charge in [0.25, 0.3) is 0 Å². The van der Waals surface area contributed by atoms with Crippen molar-refractivity contribution in [1.29, 1.82) is 0 Å². The third kappa shape index (κ3) is 4.20. The Kier molecular flexibility index (Phi) is 4.77. The Balaban J connectivity index is 2.03. The molecule has 0 saturated carbocycles. The largest absolute Gasteiger partial charge is 0.352 e. The Morgan fingerprint density at radius 2 is 2.18 bits per heavy atom. The molecule has 1 fully saturated rings. The first kappa shape index (κ1) is 16.8. The van der Waals surface area contributed by atoms with Gasteiger partial charge in [-0.25, -0.2) is 13.6 Å². The van der Waals surface area contributed by atoms with Gasteiger partial charge in [-0.3, -0.25) is 4.99 Å². The van der Waals surface area contributed by atoms with Crippen LogP contribution in [0.1, 0.15) is 25.8 Å². The number of guanidine groups is 1. The van der Waals surface area contributed by atoms with Crippen LogP contribution in [-0.4, -0.2) is 39.4 Å². The molecule has 0 amide bonds. The second-order valence-electron chi connectivity index (χ2n) is 6.43. The van der Waals surface area contributed by atoms with Crippen molar-refractivity contribution in [1.82, 2.24) is 10.2 Å². The van der Waals surface area contributed by atoms with Crippen LogP contribution in [0.15, 0.2) is 34.2 Å². The van der Waals surface area contributed by atoms with Gasteiger partial charge in [0.2, 0.25) is 10.0 Å². The van der Waals surface area contributed by atoms with Gasteiger partial charge in [0.05, 0.1) is 4.90 Å². The van der Waals surface area contributed by atoms with Gasteiger partial charge in [-0.2, -0.15) is 0 Å². The Hall–Kier alpha value is -1.60. The molecule has 0 bridgehead atoms. The predicted molar refractivity (Wildman–Crippen MR) is 88.0 cm³/mol. The van der Waals surface area contributed by atoms with Crippen molar-refractivity contribution < 1.29 is 8.42 Å². The van der Waals surface area contributed by atoms with Gasteiger partial charge in [-0.05, 0) is 29.5 Å². The number of aliphatic imine (C=N–C) groups is 1. The average molecular weight is 324 g/mol. The van der Waals surface area contributed by atoms with E-state index in [0.29, 0.717) is 12.0 Å². The van der Waals surface area contributed by atoms with Crippen molar-refractivity contribution in [3.8, 4) is 0 Å². The summed E-state index contributed by atoms with van der Waals surface area (Å²) < 4.78 is 22.8. The molecule has 0 aliphatic carbocycles. The molecule has 0 radical (unpaired) electrons. The summed E-state index contributed by atoms with van der Waals surface area (Å²) in [7, 11) is -1.91. The Labute approximate surface area is 132 Å². The summed E-state index contributed by atoms with van der Waals surface area (Å²) in [5.41, 5.74) is 1.15. The molecule has 1 aliphatic heterocycles. The zero-order valence-corrected chi connectivity index (χ0v) is 14.2. The minimum Gasteiger partial charge on any atom is -0.352 e. The number of likely N-dealkylation sites (tertiary alicyclic amines) is 1. The topological polar surface area (TPSA) is 87.8 Å². The predicted octanol–water partition coefficient (Wildman–Crippen LogP) is 1.14. The van der Waals surface area contributed by atoms with E-state index in [2.05, 4.69) is 29.1 Å². The van der Waals surface area contributed by atoms with Gasteiger partial charge < -0.3 is 10.2 Å². The van der Waals surface area contributed by atoms with Crippen molar-refractivity contribution in [2.24, 2.45) is 15.5 Å². The van der Waals surface area contributed by atoms with E-state index >= 15 is 0 Å². The highest BCUT2D eigenvalue weighted by Crippen LogP contribution is 2.28. The lowest BCUT2D eigenvalue weighted by molar-refractivity contribution is 0.370. The number of primary sulfonamides is 1. The highest BCUT2D eigenvalue weighted by atomic mass is 32.2. The van der Waals surface area contributed by atoms with Crippen LogP contribution in [-0.2, 0) is 16.6 Å². The number of rotatable bonds is 3. The fourth-order valence-electron chi connectivity index (χ4n) is 2.64. The summed E-state index contributed by atoms with van der Waals surface area (Å²) in [6.45, 7) is 6.94. The van der Waals surface area contributed by atoms with Crippen LogP contribution in [0.5, 0.6) is 0 Å². The molecular formula is C15H24N4O2S. The maximum Gasteiger partial charge on any atom is 0.238 e. The molecule has 1 aliphatic rings. The smallest absolute Gasteiger partial charge is 0.238 e. The summed E-state index contributed by atoms with van der Waals surface area (Å²) in [5, 5.41) is 8.44. The Morgan fingerprint density at radius 3 is 2.73 bits per heavy atom. The number of nitrogens with one attached hydrogen (secondary N) is 1. The van der Waals surface area contributed by atoms with Crippen molar-refractivity contribution in [3.63, 3.8) is 0 Å². The third-order valence-electron chi connectivity index (χ3n) is 3.87. The Morgan fingerprint density at radius 1 is 1.45 bits per heavy atom. The van der Waals surface area contributed by atoms with Crippen LogP contribution < -0.4 is 10.5 Å². The summed E-state index contributed by atoms with van der Waals surface area (Å²) in [5.74, 6) is 0.839. The quantitative estimate of drug-likeness (QED) is 0.645. The van der Waals surface area contributed by atoms with Gasteiger partial charge in [-0.15, -0.1) is 0 Å². The van der Waals surface area contributed by atoms with Crippen molar-refractivity contribution in [2.75, 3.05) is 20.1 Å². The van der Waals surface area contributed by atoms with E-state index in [1.807, 2.05) is 6.07 Å². The second kappa shape index (κ2) is 6.26. The first-order valence-corrected chi connectivity index (χ1v) is 8.83. The standard InChI is InChI=1S/C15H24N4O2S/c1-15(2)7-8-19(11-15)14(17-3)18-10-12-5-4-6-13(9-12)22(16,20)21/h4-6,9H,7-8,10-11H2,1-3H3,(H,17,18)(H2,16,20,21). The van der Waals surface area contributed by atoms with Gasteiger partial charge in [0, 0.05) is 26.7 Å². The highest BCUT2D eigenvalue weighted by molar-refractivity contribution is 7.89. The van der Waals surface area contributed by atoms with Gasteiger partial charge in [-0.1, -0.05) is 26.0 Å². The van der Waals surface area contributed by atoms with E-state index < -0.39 is 10.0 Å². The molecule has 2 rings (SSSR count). The average Bonchev–Trinajstić information content (AvgIpc) is 2.79. The highest BCUT2D eigenvalue weighted by Gasteiger charge is 2.30. The molecule has 1 aromatic carbocycles. The molecule has 0 aromatic heterocycles. The van der Waals surface area contributed by atoms with Gasteiger partial charge >= 0.3 is 0 Å². The zero-order valence-electron chi connectivity index (χ0n) is 13.3. The number of nitrogens with two attached hydrogens (primary N) is 1. The molecule has 122 valence electrons. The van der Waals surface area contributed by atoms with Crippen molar-refractivity contribution in [3.05, 3.63) is 29.8 Å². The van der Waals surface area contributed by atoms with E-state index in [-0.39, 0.29) is 4.90 Å². The fraction of sp³-hybridized carbons (Fsp3) is 0.533. The number of hydrogen-bond acceptors (Lipinski definition) is 3. The number of benzene rings is 1. The molecular weight excluding hydrogens is 300 g/mol. The maximum atomic E-state index is 11.4. The first-order valence-electron chi connectivity index (χ1n) is 7.29. The normalized spacial score (nSPS) is 18.5. The van der Waals surface area contributed by atoms with E-state index in [1.54, 1.807) is 19.2 Å². The Bertz CT molecular complexity index is 668. The minimum absolute atomic E-state index is 0.129. The first-order chi connectivity index (χ1) is 10.2. The van der Waals surface area contributed by atoms with E-state index in [1.165, 1.54) is 6.07 Å². The minimum atomic E-state index is -3.67. The van der Waals surface area contributed by atoms with E-state index in [4.69, 9.17) is 5.14 Å². The third-order valence-corrected chi connectivity index (χ3v) is 4.78. The van der Waals surface area contributed by atoms with Crippen molar-refractivity contribution in [2.45, 2.75) is 31.7 Å². The molecule has 1 saturated heterocycles. The summed E-state index contributed by atoms with van der Waals surface area (Å²) >= 11 is 0. The lowest BCUT2D eigenvalue weighted by Gasteiger charge is -2.23. The molecule has 22 heavy (non-hydrogen) atoms. The van der Waals surface area contributed by atoms with Crippen LogP contribution in [0, 0.1) is 5.41 Å². The molecule has 0 atom stereocenters. The van der Waals surface area contributed by atoms with Gasteiger partial charge in [0.15, 0.2) is 5.96 Å². The second-order valence-corrected chi connectivity index (χ2v) is 7.99.